The molecule has 2 fully saturated rings. The lowest BCUT2D eigenvalue weighted by atomic mass is 9.86. The highest BCUT2D eigenvalue weighted by Gasteiger charge is 2.61. The molecule has 4 N–H and O–H groups in total. The van der Waals surface area contributed by atoms with E-state index in [1.54, 1.807) is 13.2 Å². The van der Waals surface area contributed by atoms with Gasteiger partial charge in [0.25, 0.3) is 0 Å². The molecule has 5 rings (SSSR count). The van der Waals surface area contributed by atoms with Crippen LogP contribution in [0, 0.1) is 11.3 Å². The number of urea groups is 1. The molecule has 13 nitrogen and oxygen atoms in total. The predicted molar refractivity (Wildman–Crippen MR) is 203 cm³/mol. The fourth-order valence-corrected chi connectivity index (χ4v) is 6.87. The third kappa shape index (κ3) is 8.73. The average molecular weight is 729 g/mol. The standard InChI is InChI=1S/C40H52N6O7/c1-8-26-23-40(26,37(49)50)44-35(47)32-21-28(24-46(32)38(51)43-34(39(4,5)6)36(48)41-18-19-45(9-2)10-3)53-33-22-30(25-14-12-11-13-15-25)42-31-20-27(52-7)16-17-29(31)33/h8,11-17,20,22,26,28,32,34H,1,9-10,18-19,21,23-24H2,2-7H3,(H,41,48)(H,43,51)(H,44,47)(H,49,50)/t26?,28-,32+,34?,40-/m1/s1. The number of aliphatic carboxylic acids is 1. The number of amides is 4. The molecule has 284 valence electrons. The number of pyridine rings is 1. The zero-order valence-electron chi connectivity index (χ0n) is 31.5. The Kier molecular flexibility index (Phi) is 12.0. The van der Waals surface area contributed by atoms with E-state index < -0.39 is 53.0 Å². The van der Waals surface area contributed by atoms with Crippen molar-refractivity contribution in [1.82, 2.24) is 30.7 Å². The van der Waals surface area contributed by atoms with Crippen molar-refractivity contribution in [1.29, 1.82) is 0 Å². The highest BCUT2D eigenvalue weighted by atomic mass is 16.5. The molecule has 2 aliphatic rings. The van der Waals surface area contributed by atoms with E-state index >= 15 is 0 Å². The number of likely N-dealkylation sites (N-methyl/N-ethyl adjacent to an activating group) is 1. The number of hydrogen-bond acceptors (Lipinski definition) is 8. The SMILES string of the molecule is C=CC1C[C@]1(NC(=O)[C@@H]1C[C@@H](Oc2cc(-c3ccccc3)nc3cc(OC)ccc23)CN1C(=O)NC(C(=O)NCCN(CC)CC)C(C)(C)C)C(=O)O. The van der Waals surface area contributed by atoms with E-state index in [9.17, 15) is 24.3 Å². The van der Waals surface area contributed by atoms with Crippen LogP contribution in [0.5, 0.6) is 11.5 Å². The van der Waals surface area contributed by atoms with E-state index in [-0.39, 0.29) is 25.3 Å². The van der Waals surface area contributed by atoms with Crippen molar-refractivity contribution >= 4 is 34.7 Å². The lowest BCUT2D eigenvalue weighted by Crippen LogP contribution is -2.59. The fraction of sp³-hybridized carbons (Fsp3) is 0.475. The molecule has 0 bridgehead atoms. The third-order valence-electron chi connectivity index (χ3n) is 10.2. The van der Waals surface area contributed by atoms with Crippen molar-refractivity contribution < 1.29 is 33.8 Å². The molecule has 4 amide bonds. The van der Waals surface area contributed by atoms with Crippen LogP contribution in [0.2, 0.25) is 0 Å². The Bertz CT molecular complexity index is 1830. The van der Waals surface area contributed by atoms with Gasteiger partial charge in [0.05, 0.1) is 24.9 Å². The first-order valence-electron chi connectivity index (χ1n) is 18.2. The quantitative estimate of drug-likeness (QED) is 0.166. The molecule has 2 heterocycles. The number of nitrogens with zero attached hydrogens (tertiary/aromatic N) is 3. The van der Waals surface area contributed by atoms with Gasteiger partial charge in [0.15, 0.2) is 0 Å². The number of carbonyl (C=O) groups is 4. The summed E-state index contributed by atoms with van der Waals surface area (Å²) in [5.41, 5.74) is -0.00318. The Hall–Kier alpha value is -5.17. The Labute approximate surface area is 311 Å². The number of carbonyl (C=O) groups excluding carboxylic acids is 3. The molecule has 0 spiro atoms. The smallest absolute Gasteiger partial charge is 0.330 e. The van der Waals surface area contributed by atoms with Gasteiger partial charge < -0.3 is 40.3 Å². The largest absolute Gasteiger partial charge is 0.497 e. The molecule has 1 aliphatic heterocycles. The predicted octanol–water partition coefficient (Wildman–Crippen LogP) is 4.46. The Morgan fingerprint density at radius 3 is 2.43 bits per heavy atom. The molecule has 1 aliphatic carbocycles. The molecule has 1 saturated heterocycles. The number of rotatable bonds is 15. The molecular weight excluding hydrogens is 676 g/mol. The van der Waals surface area contributed by atoms with E-state index in [0.717, 1.165) is 18.7 Å². The molecule has 13 heteroatoms. The first kappa shape index (κ1) is 39.0. The van der Waals surface area contributed by atoms with Crippen LogP contribution in [-0.4, -0.2) is 107 Å². The minimum Gasteiger partial charge on any atom is -0.497 e. The van der Waals surface area contributed by atoms with Gasteiger partial charge in [-0.25, -0.2) is 14.6 Å². The van der Waals surface area contributed by atoms with Gasteiger partial charge in [0.2, 0.25) is 11.8 Å². The topological polar surface area (TPSA) is 162 Å². The number of methoxy groups -OCH3 is 1. The van der Waals surface area contributed by atoms with E-state index in [2.05, 4.69) is 41.3 Å². The summed E-state index contributed by atoms with van der Waals surface area (Å²) in [5, 5.41) is 19.3. The van der Waals surface area contributed by atoms with E-state index in [1.807, 2.05) is 69.3 Å². The first-order valence-corrected chi connectivity index (χ1v) is 18.2. The van der Waals surface area contributed by atoms with Crippen LogP contribution in [-0.2, 0) is 14.4 Å². The number of aromatic nitrogens is 1. The number of benzene rings is 2. The van der Waals surface area contributed by atoms with Gasteiger partial charge in [-0.15, -0.1) is 6.58 Å². The van der Waals surface area contributed by atoms with Crippen LogP contribution in [0.4, 0.5) is 4.79 Å². The summed E-state index contributed by atoms with van der Waals surface area (Å²) < 4.78 is 12.1. The van der Waals surface area contributed by atoms with Crippen molar-refractivity contribution in [2.75, 3.05) is 39.8 Å². The van der Waals surface area contributed by atoms with Crippen molar-refractivity contribution in [2.45, 2.75) is 71.2 Å². The van der Waals surface area contributed by atoms with Crippen LogP contribution >= 0.6 is 0 Å². The normalized spacial score (nSPS) is 21.5. The zero-order chi connectivity index (χ0) is 38.5. The number of hydrogen-bond donors (Lipinski definition) is 4. The molecule has 5 atom stereocenters. The number of fused-ring (bicyclic) bond motifs is 1. The minimum absolute atomic E-state index is 0.00401. The Morgan fingerprint density at radius 1 is 1.11 bits per heavy atom. The molecule has 0 radical (unpaired) electrons. The third-order valence-corrected chi connectivity index (χ3v) is 10.2. The van der Waals surface area contributed by atoms with Gasteiger partial charge in [-0.1, -0.05) is 71.0 Å². The number of likely N-dealkylation sites (tertiary alicyclic amines) is 1. The maximum atomic E-state index is 14.2. The summed E-state index contributed by atoms with van der Waals surface area (Å²) in [6.45, 7) is 16.2. The average Bonchev–Trinajstić information content (AvgIpc) is 3.70. The van der Waals surface area contributed by atoms with Crippen LogP contribution in [0.25, 0.3) is 22.2 Å². The molecule has 2 aromatic carbocycles. The van der Waals surface area contributed by atoms with Gasteiger partial charge in [-0.05, 0) is 37.1 Å². The van der Waals surface area contributed by atoms with Crippen LogP contribution in [0.1, 0.15) is 47.5 Å². The lowest BCUT2D eigenvalue weighted by molar-refractivity contribution is -0.144. The van der Waals surface area contributed by atoms with Crippen LogP contribution < -0.4 is 25.4 Å². The van der Waals surface area contributed by atoms with Crippen molar-refractivity contribution in [2.24, 2.45) is 11.3 Å². The zero-order valence-corrected chi connectivity index (χ0v) is 31.5. The molecule has 1 aromatic heterocycles. The molecule has 53 heavy (non-hydrogen) atoms. The van der Waals surface area contributed by atoms with Gasteiger partial charge in [-0.2, -0.15) is 0 Å². The highest BCUT2D eigenvalue weighted by Crippen LogP contribution is 2.45. The lowest BCUT2D eigenvalue weighted by Gasteiger charge is -2.33. The van der Waals surface area contributed by atoms with Gasteiger partial charge in [0, 0.05) is 48.5 Å². The maximum Gasteiger partial charge on any atom is 0.330 e. The van der Waals surface area contributed by atoms with Gasteiger partial charge >= 0.3 is 12.0 Å². The van der Waals surface area contributed by atoms with E-state index in [4.69, 9.17) is 14.5 Å². The fourth-order valence-electron chi connectivity index (χ4n) is 6.87. The second-order valence-electron chi connectivity index (χ2n) is 14.8. The summed E-state index contributed by atoms with van der Waals surface area (Å²) in [6.07, 6.45) is 1.12. The number of nitrogens with one attached hydrogen (secondary N) is 3. The monoisotopic (exact) mass is 728 g/mol. The van der Waals surface area contributed by atoms with Crippen LogP contribution in [0.3, 0.4) is 0 Å². The molecule has 2 unspecified atom stereocenters. The Balaban J connectivity index is 1.44. The minimum atomic E-state index is -1.50. The number of carboxylic acid groups (broad SMARTS) is 1. The highest BCUT2D eigenvalue weighted by molar-refractivity contribution is 5.95. The first-order chi connectivity index (χ1) is 25.2. The van der Waals surface area contributed by atoms with Gasteiger partial charge in [-0.3, -0.25) is 9.59 Å². The van der Waals surface area contributed by atoms with Crippen LogP contribution in [0.15, 0.2) is 67.3 Å². The van der Waals surface area contributed by atoms with Crippen molar-refractivity contribution in [3.63, 3.8) is 0 Å². The molecule has 3 aromatic rings. The van der Waals surface area contributed by atoms with E-state index in [1.165, 1.54) is 11.0 Å². The number of carboxylic acids is 1. The summed E-state index contributed by atoms with van der Waals surface area (Å²) in [5.74, 6) is -1.45. The summed E-state index contributed by atoms with van der Waals surface area (Å²) >= 11 is 0. The number of ether oxygens (including phenoxy) is 2. The van der Waals surface area contributed by atoms with E-state index in [0.29, 0.717) is 41.2 Å². The van der Waals surface area contributed by atoms with Crippen molar-refractivity contribution in [3.8, 4) is 22.8 Å². The summed E-state index contributed by atoms with van der Waals surface area (Å²) in [7, 11) is 1.58. The maximum absolute atomic E-state index is 14.2. The molecule has 1 saturated carbocycles. The second kappa shape index (κ2) is 16.2. The van der Waals surface area contributed by atoms with Crippen molar-refractivity contribution in [3.05, 3.63) is 67.3 Å². The Morgan fingerprint density at radius 2 is 1.83 bits per heavy atom. The summed E-state index contributed by atoms with van der Waals surface area (Å²) in [6, 6.07) is 14.3. The molecular formula is C40H52N6O7. The van der Waals surface area contributed by atoms with Gasteiger partial charge in [0.1, 0.15) is 35.2 Å². The second-order valence-corrected chi connectivity index (χ2v) is 14.8. The summed E-state index contributed by atoms with van der Waals surface area (Å²) in [4.78, 5) is 62.4.